The van der Waals surface area contributed by atoms with Crippen molar-refractivity contribution in [1.29, 1.82) is 0 Å². The fraction of sp³-hybridized carbons (Fsp3) is 0.708. The van der Waals surface area contributed by atoms with Crippen LogP contribution in [0.1, 0.15) is 58.1 Å². The fourth-order valence-corrected chi connectivity index (χ4v) is 7.02. The van der Waals surface area contributed by atoms with Gasteiger partial charge in [-0.1, -0.05) is 6.92 Å². The Balaban J connectivity index is 1.65. The number of esters is 2. The van der Waals surface area contributed by atoms with E-state index in [0.29, 0.717) is 19.3 Å². The van der Waals surface area contributed by atoms with Crippen LogP contribution in [0.25, 0.3) is 0 Å². The molecule has 33 heavy (non-hydrogen) atoms. The van der Waals surface area contributed by atoms with E-state index < -0.39 is 46.9 Å². The summed E-state index contributed by atoms with van der Waals surface area (Å²) in [5, 5.41) is 11.0. The highest BCUT2D eigenvalue weighted by Gasteiger charge is 2.80. The molecule has 2 saturated heterocycles. The molecule has 8 atom stereocenters. The van der Waals surface area contributed by atoms with E-state index >= 15 is 0 Å². The molecule has 180 valence electrons. The number of ketones is 1. The summed E-state index contributed by atoms with van der Waals surface area (Å²) in [5.41, 5.74) is -2.26. The molecule has 2 aliphatic heterocycles. The lowest BCUT2D eigenvalue weighted by molar-refractivity contribution is -0.242. The smallest absolute Gasteiger partial charge is 0.304 e. The molecule has 0 radical (unpaired) electrons. The number of hydrogen-bond donors (Lipinski definition) is 1. The van der Waals surface area contributed by atoms with E-state index in [1.54, 1.807) is 12.5 Å². The number of hydrogen-bond acceptors (Lipinski definition) is 9. The van der Waals surface area contributed by atoms with Gasteiger partial charge in [0.1, 0.15) is 23.4 Å². The monoisotopic (exact) mass is 462 g/mol. The van der Waals surface area contributed by atoms with Crippen molar-refractivity contribution in [2.45, 2.75) is 70.6 Å². The Morgan fingerprint density at radius 3 is 2.61 bits per heavy atom. The Morgan fingerprint density at radius 1 is 1.24 bits per heavy atom. The molecule has 1 N–H and O–H groups in total. The molecule has 0 amide bonds. The van der Waals surface area contributed by atoms with E-state index in [-0.39, 0.29) is 37.3 Å². The predicted octanol–water partition coefficient (Wildman–Crippen LogP) is 2.31. The van der Waals surface area contributed by atoms with Gasteiger partial charge in [0, 0.05) is 31.2 Å². The maximum absolute atomic E-state index is 13.8. The van der Waals surface area contributed by atoms with Gasteiger partial charge in [-0.25, -0.2) is 0 Å². The van der Waals surface area contributed by atoms with Crippen LogP contribution in [0, 0.1) is 22.7 Å². The van der Waals surface area contributed by atoms with Gasteiger partial charge in [-0.3, -0.25) is 14.4 Å². The van der Waals surface area contributed by atoms with Crippen molar-refractivity contribution in [3.8, 4) is 0 Å². The number of Topliss-reactive ketones (excluding diaryl/α,β-unsaturated/α-hetero) is 1. The number of carbonyl (C=O) groups excluding carboxylic acids is 3. The maximum atomic E-state index is 13.8. The minimum absolute atomic E-state index is 0.0866. The Hall–Kier alpha value is -2.23. The lowest BCUT2D eigenvalue weighted by Crippen LogP contribution is -2.70. The summed E-state index contributed by atoms with van der Waals surface area (Å²) >= 11 is 0. The van der Waals surface area contributed by atoms with E-state index in [4.69, 9.17) is 23.4 Å². The Kier molecular flexibility index (Phi) is 5.23. The summed E-state index contributed by atoms with van der Waals surface area (Å²) in [6.07, 6.45) is 2.62. The molecule has 2 spiro atoms. The van der Waals surface area contributed by atoms with Crippen molar-refractivity contribution in [3.63, 3.8) is 0 Å². The zero-order valence-corrected chi connectivity index (χ0v) is 19.1. The molecule has 0 aromatic carbocycles. The fourth-order valence-electron chi connectivity index (χ4n) is 7.02. The van der Waals surface area contributed by atoms with Gasteiger partial charge < -0.3 is 28.5 Å². The average molecular weight is 462 g/mol. The van der Waals surface area contributed by atoms with Crippen LogP contribution in [0.15, 0.2) is 23.0 Å². The molecule has 3 heterocycles. The van der Waals surface area contributed by atoms with Gasteiger partial charge in [0.2, 0.25) is 6.29 Å². The second kappa shape index (κ2) is 7.65. The van der Waals surface area contributed by atoms with Crippen LogP contribution in [0.2, 0.25) is 0 Å². The van der Waals surface area contributed by atoms with Crippen LogP contribution in [-0.2, 0) is 33.3 Å². The molecular weight excluding hydrogens is 432 g/mol. The second-order valence-corrected chi connectivity index (χ2v) is 10.0. The normalized spacial score (nSPS) is 44.0. The molecule has 4 fully saturated rings. The zero-order valence-electron chi connectivity index (χ0n) is 19.1. The predicted molar refractivity (Wildman–Crippen MR) is 110 cm³/mol. The summed E-state index contributed by atoms with van der Waals surface area (Å²) in [7, 11) is 0. The topological polar surface area (TPSA) is 125 Å². The molecule has 1 aromatic rings. The number of epoxide rings is 1. The van der Waals surface area contributed by atoms with Crippen molar-refractivity contribution in [1.82, 2.24) is 0 Å². The third-order valence-corrected chi connectivity index (χ3v) is 8.58. The Morgan fingerprint density at radius 2 is 2.00 bits per heavy atom. The molecule has 2 saturated carbocycles. The quantitative estimate of drug-likeness (QED) is 0.530. The highest BCUT2D eigenvalue weighted by Crippen LogP contribution is 2.71. The molecule has 9 nitrogen and oxygen atoms in total. The maximum Gasteiger partial charge on any atom is 0.304 e. The van der Waals surface area contributed by atoms with Crippen molar-refractivity contribution >= 4 is 17.7 Å². The molecule has 9 heteroatoms. The third kappa shape index (κ3) is 3.05. The number of fused-ring (bicyclic) bond motifs is 3. The first-order chi connectivity index (χ1) is 15.7. The molecule has 2 aliphatic carbocycles. The standard InChI is InChI=1S/C24H30O9/c1-13-8-20(28)23(11-30-14(2)25)18(4-5-19(27)24(23)12-31-24)22(13)9-17(16-6-7-29-10-16)33-21(22)32-15(3)26/h6-7,10,13,17-19,21,27H,4-5,8-9,11-12H2,1-3H3/t13-,17+,18-,19+,21-,22-,23+,24-/m1/s1. The van der Waals surface area contributed by atoms with Crippen LogP contribution in [0.3, 0.4) is 0 Å². The number of aliphatic hydroxyl groups is 1. The minimum atomic E-state index is -1.24. The first-order valence-corrected chi connectivity index (χ1v) is 11.5. The van der Waals surface area contributed by atoms with E-state index in [1.165, 1.54) is 13.8 Å². The summed E-state index contributed by atoms with van der Waals surface area (Å²) in [5.74, 6) is -1.62. The third-order valence-electron chi connectivity index (χ3n) is 8.58. The summed E-state index contributed by atoms with van der Waals surface area (Å²) in [4.78, 5) is 37.8. The van der Waals surface area contributed by atoms with Gasteiger partial charge in [0.25, 0.3) is 0 Å². The summed E-state index contributed by atoms with van der Waals surface area (Å²) < 4.78 is 28.7. The first kappa shape index (κ1) is 22.6. The van der Waals surface area contributed by atoms with E-state index in [0.717, 1.165) is 5.56 Å². The lowest BCUT2D eigenvalue weighted by atomic mass is 9.42. The molecule has 0 bridgehead atoms. The molecular formula is C24H30O9. The van der Waals surface area contributed by atoms with Crippen molar-refractivity contribution in [3.05, 3.63) is 24.2 Å². The lowest BCUT2D eigenvalue weighted by Gasteiger charge is -2.60. The van der Waals surface area contributed by atoms with Gasteiger partial charge in [-0.2, -0.15) is 0 Å². The van der Waals surface area contributed by atoms with Gasteiger partial charge in [-0.15, -0.1) is 0 Å². The molecule has 4 aliphatic rings. The largest absolute Gasteiger partial charge is 0.472 e. The highest BCUT2D eigenvalue weighted by atomic mass is 16.7. The van der Waals surface area contributed by atoms with E-state index in [9.17, 15) is 19.5 Å². The van der Waals surface area contributed by atoms with Crippen LogP contribution < -0.4 is 0 Å². The average Bonchev–Trinajstić information content (AvgIpc) is 3.19. The number of carbonyl (C=O) groups is 3. The summed E-state index contributed by atoms with van der Waals surface area (Å²) in [6.45, 7) is 4.65. The second-order valence-electron chi connectivity index (χ2n) is 10.0. The van der Waals surface area contributed by atoms with Gasteiger partial charge >= 0.3 is 11.9 Å². The van der Waals surface area contributed by atoms with Gasteiger partial charge in [0.05, 0.1) is 31.3 Å². The van der Waals surface area contributed by atoms with Crippen molar-refractivity contribution in [2.24, 2.45) is 22.7 Å². The summed E-state index contributed by atoms with van der Waals surface area (Å²) in [6, 6.07) is 1.81. The SMILES string of the molecule is CC(=O)OC[C@@]12C(=O)C[C@@H](C)[C@]3(C[C@@H](c4ccoc4)O[C@H]3OC(C)=O)[C@H]1CC[C@H](O)[C@]21CO1. The number of furan rings is 1. The molecule has 5 rings (SSSR count). The van der Waals surface area contributed by atoms with Crippen molar-refractivity contribution < 1.29 is 42.9 Å². The number of aliphatic hydroxyl groups excluding tert-OH is 1. The van der Waals surface area contributed by atoms with Crippen LogP contribution in [-0.4, -0.2) is 54.0 Å². The Labute approximate surface area is 191 Å². The Bertz CT molecular complexity index is 951. The van der Waals surface area contributed by atoms with Crippen molar-refractivity contribution in [2.75, 3.05) is 13.2 Å². The molecule has 0 unspecified atom stereocenters. The highest BCUT2D eigenvalue weighted by molar-refractivity contribution is 5.89. The first-order valence-electron chi connectivity index (χ1n) is 11.5. The van der Waals surface area contributed by atoms with E-state index in [1.807, 2.05) is 13.0 Å². The zero-order chi connectivity index (χ0) is 23.6. The number of rotatable bonds is 4. The van der Waals surface area contributed by atoms with Crippen LogP contribution in [0.5, 0.6) is 0 Å². The molecule has 1 aromatic heterocycles. The van der Waals surface area contributed by atoms with E-state index in [2.05, 4.69) is 0 Å². The van der Waals surface area contributed by atoms with Crippen LogP contribution in [0.4, 0.5) is 0 Å². The van der Waals surface area contributed by atoms with Gasteiger partial charge in [-0.05, 0) is 37.2 Å². The number of ether oxygens (including phenoxy) is 4. The van der Waals surface area contributed by atoms with Gasteiger partial charge in [0.15, 0.2) is 0 Å². The minimum Gasteiger partial charge on any atom is -0.472 e. The van der Waals surface area contributed by atoms with Crippen LogP contribution >= 0.6 is 0 Å².